The van der Waals surface area contributed by atoms with Gasteiger partial charge in [0.2, 0.25) is 0 Å². The molecule has 3 aliphatic rings. The van der Waals surface area contributed by atoms with Crippen LogP contribution >= 0.6 is 22.9 Å². The summed E-state index contributed by atoms with van der Waals surface area (Å²) in [6, 6.07) is 2.08. The van der Waals surface area contributed by atoms with Crippen LogP contribution in [0.5, 0.6) is 0 Å². The fraction of sp³-hybridized carbons (Fsp3) is 0.476. The van der Waals surface area contributed by atoms with Gasteiger partial charge in [0, 0.05) is 42.7 Å². The lowest BCUT2D eigenvalue weighted by Crippen LogP contribution is -2.45. The third-order valence-electron chi connectivity index (χ3n) is 6.05. The molecule has 2 aliphatic heterocycles. The van der Waals surface area contributed by atoms with E-state index in [1.54, 1.807) is 23.7 Å². The van der Waals surface area contributed by atoms with E-state index >= 15 is 0 Å². The molecule has 0 atom stereocenters. The predicted molar refractivity (Wildman–Crippen MR) is 110 cm³/mol. The van der Waals surface area contributed by atoms with Crippen molar-refractivity contribution in [1.29, 1.82) is 0 Å². The van der Waals surface area contributed by atoms with Crippen LogP contribution in [0, 0.1) is 0 Å². The molecule has 1 fully saturated rings. The number of ether oxygens (including phenoxy) is 1. The lowest BCUT2D eigenvalue weighted by molar-refractivity contribution is -0.0960. The van der Waals surface area contributed by atoms with Gasteiger partial charge in [0.05, 0.1) is 17.1 Å². The number of aromatic nitrogens is 2. The highest BCUT2D eigenvalue weighted by Gasteiger charge is 2.42. The van der Waals surface area contributed by atoms with Gasteiger partial charge in [-0.3, -0.25) is 4.90 Å². The van der Waals surface area contributed by atoms with Gasteiger partial charge in [0.1, 0.15) is 23.0 Å². The molecule has 1 aliphatic carbocycles. The molecule has 0 bridgehead atoms. The van der Waals surface area contributed by atoms with Crippen LogP contribution in [0.25, 0.3) is 5.70 Å². The van der Waals surface area contributed by atoms with E-state index in [2.05, 4.69) is 16.1 Å². The minimum Gasteiger partial charge on any atom is -0.369 e. The number of nitrogens with zero attached hydrogens (tertiary/aromatic N) is 3. The first-order valence-electron chi connectivity index (χ1n) is 9.98. The number of likely N-dealkylation sites (tertiary alicyclic amines) is 1. The maximum absolute atomic E-state index is 14.1. The van der Waals surface area contributed by atoms with Crippen LogP contribution in [-0.2, 0) is 23.3 Å². The van der Waals surface area contributed by atoms with Crippen molar-refractivity contribution in [3.05, 3.63) is 56.5 Å². The number of hydrogen-bond acceptors (Lipinski definition) is 4. The lowest BCUT2D eigenvalue weighted by Gasteiger charge is -2.43. The number of piperidine rings is 1. The van der Waals surface area contributed by atoms with Crippen molar-refractivity contribution in [2.75, 3.05) is 19.7 Å². The van der Waals surface area contributed by atoms with E-state index in [1.165, 1.54) is 21.2 Å². The van der Waals surface area contributed by atoms with Crippen molar-refractivity contribution in [2.24, 2.45) is 0 Å². The van der Waals surface area contributed by atoms with E-state index in [1.807, 2.05) is 0 Å². The van der Waals surface area contributed by atoms with Crippen molar-refractivity contribution in [3.63, 3.8) is 0 Å². The van der Waals surface area contributed by atoms with Crippen LogP contribution in [-0.4, -0.2) is 34.4 Å². The molecule has 0 radical (unpaired) electrons. The summed E-state index contributed by atoms with van der Waals surface area (Å²) in [5, 5.41) is 4.20. The molecule has 29 heavy (non-hydrogen) atoms. The minimum absolute atomic E-state index is 0.0576. The molecule has 0 amide bonds. The number of thiophene rings is 1. The average molecular weight is 438 g/mol. The van der Waals surface area contributed by atoms with Crippen molar-refractivity contribution in [2.45, 2.75) is 44.2 Å². The Balaban J connectivity index is 1.27. The fourth-order valence-corrected chi connectivity index (χ4v) is 6.06. The molecule has 154 valence electrons. The molecule has 4 heterocycles. The molecular formula is C21H22ClF2N3OS. The van der Waals surface area contributed by atoms with E-state index in [4.69, 9.17) is 16.3 Å². The molecule has 0 aromatic carbocycles. The van der Waals surface area contributed by atoms with E-state index in [9.17, 15) is 8.78 Å². The van der Waals surface area contributed by atoms with Crippen LogP contribution in [0.15, 0.2) is 36.2 Å². The third-order valence-corrected chi connectivity index (χ3v) is 7.54. The first-order valence-corrected chi connectivity index (χ1v) is 11.2. The van der Waals surface area contributed by atoms with Crippen LogP contribution < -0.4 is 0 Å². The third kappa shape index (κ3) is 3.58. The smallest absolute Gasteiger partial charge is 0.147 e. The van der Waals surface area contributed by atoms with Gasteiger partial charge in [0.15, 0.2) is 0 Å². The Morgan fingerprint density at radius 2 is 2.07 bits per heavy atom. The maximum atomic E-state index is 14.1. The van der Waals surface area contributed by atoms with E-state index in [-0.39, 0.29) is 17.7 Å². The van der Waals surface area contributed by atoms with Crippen LogP contribution in [0.4, 0.5) is 8.78 Å². The van der Waals surface area contributed by atoms with Gasteiger partial charge in [-0.05, 0) is 43.4 Å². The molecule has 0 N–H and O–H groups in total. The summed E-state index contributed by atoms with van der Waals surface area (Å²) in [7, 11) is 0. The van der Waals surface area contributed by atoms with Crippen molar-refractivity contribution in [3.8, 4) is 0 Å². The summed E-state index contributed by atoms with van der Waals surface area (Å²) in [6.07, 6.45) is 8.22. The Bertz CT molecular complexity index is 988. The van der Waals surface area contributed by atoms with Crippen LogP contribution in [0.2, 0.25) is 4.34 Å². The normalized spacial score (nSPS) is 22.1. The number of rotatable bonds is 3. The first kappa shape index (κ1) is 19.4. The second kappa shape index (κ2) is 7.61. The quantitative estimate of drug-likeness (QED) is 0.639. The second-order valence-electron chi connectivity index (χ2n) is 7.91. The van der Waals surface area contributed by atoms with Gasteiger partial charge in [0.25, 0.3) is 0 Å². The zero-order valence-corrected chi connectivity index (χ0v) is 17.5. The number of allylic oxidation sites excluding steroid dienone is 4. The maximum Gasteiger partial charge on any atom is 0.147 e. The molecular weight excluding hydrogens is 416 g/mol. The van der Waals surface area contributed by atoms with Crippen molar-refractivity contribution in [1.82, 2.24) is 14.7 Å². The molecule has 2 aromatic heterocycles. The SMILES string of the molecule is FC1=CCCC(F)=C1n1cc(CN2CCC3(CC2)OCCc2cc(Cl)sc23)cn1. The first-order chi connectivity index (χ1) is 14.0. The van der Waals surface area contributed by atoms with Gasteiger partial charge >= 0.3 is 0 Å². The minimum atomic E-state index is -0.539. The highest BCUT2D eigenvalue weighted by atomic mass is 35.5. The van der Waals surface area contributed by atoms with Gasteiger partial charge in [-0.1, -0.05) is 11.6 Å². The average Bonchev–Trinajstić information content (AvgIpc) is 3.31. The summed E-state index contributed by atoms with van der Waals surface area (Å²) >= 11 is 7.91. The summed E-state index contributed by atoms with van der Waals surface area (Å²) in [4.78, 5) is 3.64. The zero-order valence-electron chi connectivity index (χ0n) is 16.0. The molecule has 2 aromatic rings. The van der Waals surface area contributed by atoms with Gasteiger partial charge in [-0.2, -0.15) is 5.10 Å². The standard InChI is InChI=1S/C21H22ClF2N3OS/c22-18-10-15-4-9-28-21(20(15)29-18)5-7-26(8-6-21)12-14-11-25-27(13-14)19-16(23)2-1-3-17(19)24/h2,10-11,13H,1,3-9,12H2. The van der Waals surface area contributed by atoms with Crippen molar-refractivity contribution >= 4 is 28.6 Å². The summed E-state index contributed by atoms with van der Waals surface area (Å²) in [5.74, 6) is -0.984. The molecule has 5 rings (SSSR count). The number of halogens is 3. The zero-order chi connectivity index (χ0) is 20.0. The summed E-state index contributed by atoms with van der Waals surface area (Å²) in [5.41, 5.74) is 2.01. The Morgan fingerprint density at radius 3 is 2.86 bits per heavy atom. The van der Waals surface area contributed by atoms with Gasteiger partial charge in [-0.25, -0.2) is 13.5 Å². The molecule has 1 spiro atoms. The molecule has 0 saturated carbocycles. The Labute approximate surface area is 177 Å². The predicted octanol–water partition coefficient (Wildman–Crippen LogP) is 5.45. The van der Waals surface area contributed by atoms with Gasteiger partial charge in [-0.15, -0.1) is 11.3 Å². The highest BCUT2D eigenvalue weighted by Crippen LogP contribution is 2.46. The Kier molecular flexibility index (Phi) is 5.10. The summed E-state index contributed by atoms with van der Waals surface area (Å²) < 4.78 is 36.6. The van der Waals surface area contributed by atoms with Gasteiger partial charge < -0.3 is 4.74 Å². The lowest BCUT2D eigenvalue weighted by atomic mass is 9.85. The fourth-order valence-electron chi connectivity index (χ4n) is 4.56. The molecule has 4 nitrogen and oxygen atoms in total. The van der Waals surface area contributed by atoms with Crippen LogP contribution in [0.1, 0.15) is 41.7 Å². The Morgan fingerprint density at radius 1 is 1.24 bits per heavy atom. The van der Waals surface area contributed by atoms with E-state index < -0.39 is 11.7 Å². The molecule has 8 heteroatoms. The highest BCUT2D eigenvalue weighted by molar-refractivity contribution is 7.16. The second-order valence-corrected chi connectivity index (χ2v) is 9.59. The van der Waals surface area contributed by atoms with E-state index in [0.29, 0.717) is 13.0 Å². The summed E-state index contributed by atoms with van der Waals surface area (Å²) in [6.45, 7) is 3.23. The van der Waals surface area contributed by atoms with E-state index in [0.717, 1.165) is 48.9 Å². The Hall–Kier alpha value is -1.54. The monoisotopic (exact) mass is 437 g/mol. The largest absolute Gasteiger partial charge is 0.369 e. The molecule has 1 saturated heterocycles. The van der Waals surface area contributed by atoms with Crippen molar-refractivity contribution < 1.29 is 13.5 Å². The molecule has 0 unspecified atom stereocenters. The number of fused-ring (bicyclic) bond motifs is 2. The topological polar surface area (TPSA) is 30.3 Å². The van der Waals surface area contributed by atoms with Crippen LogP contribution in [0.3, 0.4) is 0 Å². The number of hydrogen-bond donors (Lipinski definition) is 0.